The highest BCUT2D eigenvalue weighted by atomic mass is 79.9. The average Bonchev–Trinajstić information content (AvgIpc) is 3.22. The van der Waals surface area contributed by atoms with Gasteiger partial charge in [-0.1, -0.05) is 15.9 Å². The lowest BCUT2D eigenvalue weighted by molar-refractivity contribution is 0.0982. The Morgan fingerprint density at radius 2 is 1.81 bits per heavy atom. The molecule has 2 heterocycles. The second-order valence-corrected chi connectivity index (χ2v) is 8.79. The minimum Gasteiger partial charge on any atom is -0.454 e. The van der Waals surface area contributed by atoms with Crippen molar-refractivity contribution in [3.8, 4) is 11.5 Å². The van der Waals surface area contributed by atoms with Crippen molar-refractivity contribution >= 4 is 37.4 Å². The number of anilines is 1. The van der Waals surface area contributed by atoms with Gasteiger partial charge in [-0.2, -0.15) is 0 Å². The smallest absolute Gasteiger partial charge is 0.258 e. The Morgan fingerprint density at radius 3 is 2.50 bits per heavy atom. The van der Waals surface area contributed by atoms with E-state index in [1.54, 1.807) is 36.4 Å². The summed E-state index contributed by atoms with van der Waals surface area (Å²) >= 11 is 3.37. The highest BCUT2D eigenvalue weighted by Gasteiger charge is 2.32. The summed E-state index contributed by atoms with van der Waals surface area (Å²) in [5, 5.41) is 1.16. The van der Waals surface area contributed by atoms with E-state index in [2.05, 4.69) is 15.9 Å². The molecule has 0 bridgehead atoms. The van der Waals surface area contributed by atoms with Crippen LogP contribution in [0, 0.1) is 0 Å². The molecule has 0 aromatic heterocycles. The van der Waals surface area contributed by atoms with Crippen LogP contribution in [0.15, 0.2) is 58.4 Å². The van der Waals surface area contributed by atoms with Crippen molar-refractivity contribution in [1.29, 1.82) is 0 Å². The van der Waals surface area contributed by atoms with Gasteiger partial charge in [0.25, 0.3) is 5.91 Å². The van der Waals surface area contributed by atoms with Gasteiger partial charge in [0.15, 0.2) is 21.3 Å². The van der Waals surface area contributed by atoms with Crippen molar-refractivity contribution in [3.05, 3.63) is 64.0 Å². The van der Waals surface area contributed by atoms with Crippen LogP contribution in [0.2, 0.25) is 0 Å². The zero-order chi connectivity index (χ0) is 18.3. The van der Waals surface area contributed by atoms with Gasteiger partial charge < -0.3 is 14.4 Å². The number of benzene rings is 2. The predicted molar refractivity (Wildman–Crippen MR) is 100 cm³/mol. The predicted octanol–water partition coefficient (Wildman–Crippen LogP) is 3.14. The molecule has 2 aliphatic rings. The van der Waals surface area contributed by atoms with Gasteiger partial charge >= 0.3 is 0 Å². The number of sulfone groups is 1. The monoisotopic (exact) mass is 435 g/mol. The Morgan fingerprint density at radius 1 is 1.08 bits per heavy atom. The highest BCUT2D eigenvalue weighted by Crippen LogP contribution is 2.34. The summed E-state index contributed by atoms with van der Waals surface area (Å²) in [6.45, 7) is 0.118. The summed E-state index contributed by atoms with van der Waals surface area (Å²) in [5.74, 6) is 0.637. The third-order valence-corrected chi connectivity index (χ3v) is 6.09. The van der Waals surface area contributed by atoms with E-state index in [-0.39, 0.29) is 18.5 Å². The van der Waals surface area contributed by atoms with Gasteiger partial charge in [0, 0.05) is 21.1 Å². The molecule has 0 fully saturated rings. The van der Waals surface area contributed by atoms with Crippen molar-refractivity contribution < 1.29 is 22.7 Å². The number of rotatable bonds is 3. The summed E-state index contributed by atoms with van der Waals surface area (Å²) in [6, 6.07) is 11.5. The number of ether oxygens (including phenoxy) is 2. The van der Waals surface area contributed by atoms with Crippen LogP contribution in [-0.4, -0.2) is 32.9 Å². The van der Waals surface area contributed by atoms with E-state index >= 15 is 0 Å². The van der Waals surface area contributed by atoms with Gasteiger partial charge in [0.05, 0.1) is 11.8 Å². The Balaban J connectivity index is 1.74. The zero-order valence-corrected chi connectivity index (χ0v) is 15.9. The van der Waals surface area contributed by atoms with E-state index in [1.807, 2.05) is 12.1 Å². The number of nitrogens with zero attached hydrogens (tertiary/aromatic N) is 1. The first-order valence-electron chi connectivity index (χ1n) is 7.83. The van der Waals surface area contributed by atoms with E-state index in [0.29, 0.717) is 22.7 Å². The third kappa shape index (κ3) is 3.22. The Bertz CT molecular complexity index is 1000. The molecule has 0 N–H and O–H groups in total. The highest BCUT2D eigenvalue weighted by molar-refractivity contribution is 9.10. The Labute approximate surface area is 159 Å². The van der Waals surface area contributed by atoms with Gasteiger partial charge in [-0.05, 0) is 48.5 Å². The topological polar surface area (TPSA) is 72.9 Å². The molecular formula is C18H14BrNO5S. The van der Waals surface area contributed by atoms with Gasteiger partial charge in [-0.15, -0.1) is 0 Å². The first kappa shape index (κ1) is 17.1. The van der Waals surface area contributed by atoms with Crippen molar-refractivity contribution in [2.75, 3.05) is 17.4 Å². The van der Waals surface area contributed by atoms with E-state index < -0.39 is 15.9 Å². The minimum atomic E-state index is -3.31. The molecular weight excluding hydrogens is 422 g/mol. The third-order valence-electron chi connectivity index (χ3n) is 4.19. The Hall–Kier alpha value is -2.32. The lowest BCUT2D eigenvalue weighted by atomic mass is 10.1. The number of carbonyl (C=O) groups is 1. The van der Waals surface area contributed by atoms with Crippen molar-refractivity contribution in [1.82, 2.24) is 0 Å². The van der Waals surface area contributed by atoms with E-state index in [9.17, 15) is 13.2 Å². The average molecular weight is 436 g/mol. The van der Waals surface area contributed by atoms with Crippen LogP contribution in [0.1, 0.15) is 10.4 Å². The zero-order valence-electron chi connectivity index (χ0n) is 13.5. The first-order valence-corrected chi connectivity index (χ1v) is 10.3. The maximum Gasteiger partial charge on any atom is 0.258 e. The number of fused-ring (bicyclic) bond motifs is 1. The van der Waals surface area contributed by atoms with Gasteiger partial charge in [0.2, 0.25) is 6.79 Å². The van der Waals surface area contributed by atoms with Crippen molar-refractivity contribution in [2.45, 2.75) is 6.04 Å². The molecule has 1 atom stereocenters. The molecule has 4 rings (SSSR count). The molecule has 2 aromatic rings. The molecule has 6 nitrogen and oxygen atoms in total. The molecule has 0 saturated carbocycles. The van der Waals surface area contributed by atoms with Crippen LogP contribution in [0.25, 0.3) is 0 Å². The normalized spacial score (nSPS) is 19.5. The van der Waals surface area contributed by atoms with E-state index in [0.717, 1.165) is 9.88 Å². The van der Waals surface area contributed by atoms with Gasteiger partial charge in [0.1, 0.15) is 0 Å². The second-order valence-electron chi connectivity index (χ2n) is 5.95. The summed E-state index contributed by atoms with van der Waals surface area (Å²) in [4.78, 5) is 14.7. The largest absolute Gasteiger partial charge is 0.454 e. The number of carbonyl (C=O) groups excluding carboxylic acids is 1. The first-order chi connectivity index (χ1) is 12.4. The maximum absolute atomic E-state index is 13.2. The summed E-state index contributed by atoms with van der Waals surface area (Å²) < 4.78 is 35.2. The fourth-order valence-corrected chi connectivity index (χ4v) is 4.48. The minimum absolute atomic E-state index is 0.118. The molecule has 0 unspecified atom stereocenters. The molecule has 26 heavy (non-hydrogen) atoms. The van der Waals surface area contributed by atoms with E-state index in [1.165, 1.54) is 4.90 Å². The molecule has 1 amide bonds. The number of hydrogen-bond donors (Lipinski definition) is 0. The molecule has 0 radical (unpaired) electrons. The second kappa shape index (κ2) is 6.44. The van der Waals surface area contributed by atoms with Crippen molar-refractivity contribution in [3.63, 3.8) is 0 Å². The number of hydrogen-bond acceptors (Lipinski definition) is 5. The molecule has 0 aliphatic carbocycles. The van der Waals surface area contributed by atoms with Crippen LogP contribution in [0.3, 0.4) is 0 Å². The quantitative estimate of drug-likeness (QED) is 0.740. The van der Waals surface area contributed by atoms with Gasteiger partial charge in [-0.25, -0.2) is 8.42 Å². The van der Waals surface area contributed by atoms with Gasteiger partial charge in [-0.3, -0.25) is 4.79 Å². The molecule has 8 heteroatoms. The lowest BCUT2D eigenvalue weighted by Crippen LogP contribution is -2.41. The van der Waals surface area contributed by atoms with Crippen LogP contribution < -0.4 is 14.4 Å². The van der Waals surface area contributed by atoms with Crippen LogP contribution >= 0.6 is 15.9 Å². The summed E-state index contributed by atoms with van der Waals surface area (Å²) in [7, 11) is -3.31. The summed E-state index contributed by atoms with van der Waals surface area (Å²) in [6.07, 6.45) is 1.54. The fraction of sp³-hybridized carbons (Fsp3) is 0.167. The SMILES string of the molecule is O=C(c1ccc2c(c1)OCO2)N(c1ccc(Br)cc1)[C@H]1C=CS(=O)(=O)C1. The van der Waals surface area contributed by atoms with E-state index in [4.69, 9.17) is 9.47 Å². The van der Waals surface area contributed by atoms with Crippen LogP contribution in [-0.2, 0) is 9.84 Å². The number of halogens is 1. The standard InChI is InChI=1S/C18H14BrNO5S/c19-13-2-4-14(5-3-13)20(15-7-8-26(22,23)10-15)18(21)12-1-6-16-17(9-12)25-11-24-16/h1-9,15H,10-11H2/t15-/m0/s1. The number of amides is 1. The summed E-state index contributed by atoms with van der Waals surface area (Å²) in [5.41, 5.74) is 1.01. The van der Waals surface area contributed by atoms with Crippen LogP contribution in [0.5, 0.6) is 11.5 Å². The lowest BCUT2D eigenvalue weighted by Gasteiger charge is -2.28. The molecule has 2 aromatic carbocycles. The molecule has 2 aliphatic heterocycles. The van der Waals surface area contributed by atoms with Crippen molar-refractivity contribution in [2.24, 2.45) is 0 Å². The Kier molecular flexibility index (Phi) is 4.24. The van der Waals surface area contributed by atoms with Crippen LogP contribution in [0.4, 0.5) is 5.69 Å². The molecule has 0 saturated heterocycles. The molecule has 134 valence electrons. The molecule has 0 spiro atoms. The fourth-order valence-electron chi connectivity index (χ4n) is 2.95. The maximum atomic E-state index is 13.2.